The van der Waals surface area contributed by atoms with Crippen LogP contribution in [-0.2, 0) is 47.7 Å². The monoisotopic (exact) mass is 799 g/mol. The molecule has 0 aliphatic heterocycles. The SMILES string of the molecule is CC/C=C\CC(=O)OCC(COC(=O)C/C=C\CC)OC(=O)CC(C)CCC(C)CC(=O)OCO[C@@H]1CC[C@@]2(C)[C@@H](CC[C@@H]3[C@@H]2CC[C@]2(C)[C@@H](C(C)=O)CC[C@@H]32)C1. The van der Waals surface area contributed by atoms with E-state index in [0.717, 1.165) is 56.8 Å². The zero-order valence-corrected chi connectivity index (χ0v) is 36.2. The van der Waals surface area contributed by atoms with Crippen LogP contribution < -0.4 is 0 Å². The summed E-state index contributed by atoms with van der Waals surface area (Å²) in [5.74, 6) is 1.83. The Hall–Kier alpha value is -3.01. The Bertz CT molecular complexity index is 1370. The highest BCUT2D eigenvalue weighted by molar-refractivity contribution is 5.79. The van der Waals surface area contributed by atoms with Crippen LogP contribution in [0.4, 0.5) is 0 Å². The molecule has 4 rings (SSSR count). The fourth-order valence-electron chi connectivity index (χ4n) is 11.2. The minimum atomic E-state index is -0.907. The number of allylic oxidation sites excluding steroid dienone is 2. The molecule has 0 aromatic carbocycles. The highest BCUT2D eigenvalue weighted by Crippen LogP contribution is 2.67. The molecule has 57 heavy (non-hydrogen) atoms. The predicted molar refractivity (Wildman–Crippen MR) is 218 cm³/mol. The third kappa shape index (κ3) is 13.2. The lowest BCUT2D eigenvalue weighted by molar-refractivity contribution is -0.174. The number of ketones is 1. The predicted octanol–water partition coefficient (Wildman–Crippen LogP) is 9.66. The van der Waals surface area contributed by atoms with E-state index in [1.807, 2.05) is 39.8 Å². The molecule has 2 unspecified atom stereocenters. The maximum absolute atomic E-state index is 12.9. The van der Waals surface area contributed by atoms with Gasteiger partial charge >= 0.3 is 23.9 Å². The summed E-state index contributed by atoms with van der Waals surface area (Å²) >= 11 is 0. The fraction of sp³-hybridized carbons (Fsp3) is 0.809. The Labute approximate surface area is 342 Å². The van der Waals surface area contributed by atoms with Crippen molar-refractivity contribution >= 4 is 29.7 Å². The van der Waals surface area contributed by atoms with Crippen molar-refractivity contribution in [2.24, 2.45) is 52.3 Å². The van der Waals surface area contributed by atoms with E-state index in [0.29, 0.717) is 29.5 Å². The summed E-state index contributed by atoms with van der Waals surface area (Å²) in [5.41, 5.74) is 0.506. The van der Waals surface area contributed by atoms with Gasteiger partial charge in [0.05, 0.1) is 18.9 Å². The van der Waals surface area contributed by atoms with Crippen LogP contribution in [0, 0.1) is 52.3 Å². The van der Waals surface area contributed by atoms with E-state index in [9.17, 15) is 24.0 Å². The number of Topliss-reactive ketones (excluding diaryl/α,β-unsaturated/α-hetero) is 1. The summed E-state index contributed by atoms with van der Waals surface area (Å²) in [4.78, 5) is 62.4. The van der Waals surface area contributed by atoms with Gasteiger partial charge in [0.15, 0.2) is 12.9 Å². The molecule has 0 aromatic heterocycles. The second-order valence-corrected chi connectivity index (χ2v) is 18.5. The second-order valence-electron chi connectivity index (χ2n) is 18.5. The second kappa shape index (κ2) is 22.4. The molecule has 0 aromatic rings. The van der Waals surface area contributed by atoms with Gasteiger partial charge in [-0.2, -0.15) is 0 Å². The minimum Gasteiger partial charge on any atom is -0.461 e. The number of fused-ring (bicyclic) bond motifs is 5. The van der Waals surface area contributed by atoms with E-state index in [4.69, 9.17) is 23.7 Å². The molecule has 0 N–H and O–H groups in total. The topological polar surface area (TPSA) is 132 Å². The van der Waals surface area contributed by atoms with Crippen LogP contribution in [0.3, 0.4) is 0 Å². The quantitative estimate of drug-likeness (QED) is 0.0452. The van der Waals surface area contributed by atoms with Crippen LogP contribution in [0.2, 0.25) is 0 Å². The Morgan fingerprint density at radius 3 is 1.84 bits per heavy atom. The van der Waals surface area contributed by atoms with Gasteiger partial charge in [-0.25, -0.2) is 0 Å². The van der Waals surface area contributed by atoms with Gasteiger partial charge in [0.2, 0.25) is 0 Å². The molecule has 10 heteroatoms. The molecule has 0 radical (unpaired) electrons. The van der Waals surface area contributed by atoms with Crippen molar-refractivity contribution in [3.8, 4) is 0 Å². The molecule has 0 heterocycles. The maximum atomic E-state index is 12.9. The van der Waals surface area contributed by atoms with Crippen molar-refractivity contribution in [1.82, 2.24) is 0 Å². The van der Waals surface area contributed by atoms with Gasteiger partial charge in [0, 0.05) is 18.8 Å². The zero-order chi connectivity index (χ0) is 41.6. The molecule has 10 nitrogen and oxygen atoms in total. The Morgan fingerprint density at radius 2 is 1.25 bits per heavy atom. The van der Waals surface area contributed by atoms with Crippen molar-refractivity contribution in [3.63, 3.8) is 0 Å². The summed E-state index contributed by atoms with van der Waals surface area (Å²) in [5, 5.41) is 0. The molecular weight excluding hydrogens is 725 g/mol. The first-order valence-corrected chi connectivity index (χ1v) is 22.3. The van der Waals surface area contributed by atoms with Gasteiger partial charge in [-0.1, -0.05) is 65.8 Å². The van der Waals surface area contributed by atoms with Crippen molar-refractivity contribution < 1.29 is 47.7 Å². The lowest BCUT2D eigenvalue weighted by Crippen LogP contribution is -2.54. The molecule has 4 fully saturated rings. The Balaban J connectivity index is 1.13. The minimum absolute atomic E-state index is 0.00998. The van der Waals surface area contributed by atoms with Crippen LogP contribution in [-0.4, -0.2) is 61.9 Å². The van der Waals surface area contributed by atoms with Crippen molar-refractivity contribution in [1.29, 1.82) is 0 Å². The van der Waals surface area contributed by atoms with Crippen LogP contribution in [0.25, 0.3) is 0 Å². The van der Waals surface area contributed by atoms with Crippen LogP contribution in [0.5, 0.6) is 0 Å². The molecule has 0 saturated heterocycles. The van der Waals surface area contributed by atoms with Gasteiger partial charge in [-0.15, -0.1) is 0 Å². The summed E-state index contributed by atoms with van der Waals surface area (Å²) in [6, 6.07) is 0. The standard InChI is InChI=1S/C47H74O10/c1-8-10-12-14-42(49)53-29-37(30-54-43(50)15-13-11-9-2)57-45(52)27-33(4)17-16-32(3)26-44(51)56-31-55-36-22-24-46(6)35(28-36)18-19-38-40-21-20-39(34(5)48)47(40,7)25-23-41(38)46/h10-13,32-33,35-41H,8-9,14-31H2,1-7H3/b12-10-,13-11-/t32?,33?,35-,36+,38-,39+,40-,41-,46-,47+/m0/s1. The third-order valence-electron chi connectivity index (χ3n) is 14.3. The van der Waals surface area contributed by atoms with E-state index in [-0.39, 0.29) is 80.9 Å². The number of ether oxygens (including phenoxy) is 5. The van der Waals surface area contributed by atoms with Gasteiger partial charge in [-0.05, 0) is 137 Å². The van der Waals surface area contributed by atoms with Crippen LogP contribution in [0.15, 0.2) is 24.3 Å². The first-order valence-electron chi connectivity index (χ1n) is 22.3. The van der Waals surface area contributed by atoms with E-state index in [2.05, 4.69) is 13.8 Å². The molecule has 322 valence electrons. The fourth-order valence-corrected chi connectivity index (χ4v) is 11.2. The summed E-state index contributed by atoms with van der Waals surface area (Å²) < 4.78 is 27.9. The molecule has 4 aliphatic carbocycles. The number of carbonyl (C=O) groups is 5. The lowest BCUT2D eigenvalue weighted by Gasteiger charge is -2.61. The Kier molecular flexibility index (Phi) is 18.3. The van der Waals surface area contributed by atoms with Crippen molar-refractivity contribution in [2.45, 2.75) is 170 Å². The molecular formula is C47H74O10. The number of esters is 4. The first kappa shape index (κ1) is 46.7. The van der Waals surface area contributed by atoms with Gasteiger partial charge in [0.1, 0.15) is 19.0 Å². The van der Waals surface area contributed by atoms with Gasteiger partial charge in [0.25, 0.3) is 0 Å². The number of hydrogen-bond donors (Lipinski definition) is 0. The van der Waals surface area contributed by atoms with Gasteiger partial charge in [-0.3, -0.25) is 24.0 Å². The highest BCUT2D eigenvalue weighted by Gasteiger charge is 2.60. The van der Waals surface area contributed by atoms with Crippen LogP contribution >= 0.6 is 0 Å². The highest BCUT2D eigenvalue weighted by atomic mass is 16.7. The van der Waals surface area contributed by atoms with Crippen molar-refractivity contribution in [2.75, 3.05) is 20.0 Å². The van der Waals surface area contributed by atoms with Gasteiger partial charge < -0.3 is 23.7 Å². The summed E-state index contributed by atoms with van der Waals surface area (Å²) in [7, 11) is 0. The van der Waals surface area contributed by atoms with E-state index >= 15 is 0 Å². The average Bonchev–Trinajstić information content (AvgIpc) is 3.53. The van der Waals surface area contributed by atoms with Crippen molar-refractivity contribution in [3.05, 3.63) is 24.3 Å². The number of carbonyl (C=O) groups excluding carboxylic acids is 5. The number of hydrogen-bond acceptors (Lipinski definition) is 10. The molecule has 10 atom stereocenters. The van der Waals surface area contributed by atoms with E-state index in [1.165, 1.54) is 32.1 Å². The molecule has 0 spiro atoms. The largest absolute Gasteiger partial charge is 0.461 e. The van der Waals surface area contributed by atoms with E-state index < -0.39 is 24.0 Å². The zero-order valence-electron chi connectivity index (χ0n) is 36.2. The average molecular weight is 799 g/mol. The smallest absolute Gasteiger partial charge is 0.309 e. The Morgan fingerprint density at radius 1 is 0.667 bits per heavy atom. The number of rotatable bonds is 22. The van der Waals surface area contributed by atoms with Crippen LogP contribution in [0.1, 0.15) is 158 Å². The maximum Gasteiger partial charge on any atom is 0.309 e. The molecule has 4 saturated carbocycles. The lowest BCUT2D eigenvalue weighted by atomic mass is 9.44. The molecule has 0 bridgehead atoms. The summed E-state index contributed by atoms with van der Waals surface area (Å²) in [6.07, 6.45) is 20.5. The van der Waals surface area contributed by atoms with E-state index in [1.54, 1.807) is 19.1 Å². The third-order valence-corrected chi connectivity index (χ3v) is 14.3. The molecule has 4 aliphatic rings. The summed E-state index contributed by atoms with van der Waals surface area (Å²) in [6.45, 7) is 14.2. The first-order chi connectivity index (χ1) is 27.2. The normalized spacial score (nSPS) is 30.6. The molecule has 0 amide bonds.